The van der Waals surface area contributed by atoms with Gasteiger partial charge in [0, 0.05) is 28.0 Å². The van der Waals surface area contributed by atoms with E-state index >= 15 is 0 Å². The van der Waals surface area contributed by atoms with Gasteiger partial charge in [0.1, 0.15) is 5.00 Å². The molecule has 4 aromatic rings. The van der Waals surface area contributed by atoms with Crippen molar-refractivity contribution >= 4 is 44.7 Å². The summed E-state index contributed by atoms with van der Waals surface area (Å²) in [6.07, 6.45) is 0. The highest BCUT2D eigenvalue weighted by Gasteiger charge is 2.24. The summed E-state index contributed by atoms with van der Waals surface area (Å²) in [5.41, 5.74) is 2.09. The van der Waals surface area contributed by atoms with Gasteiger partial charge in [0.25, 0.3) is 17.2 Å². The summed E-state index contributed by atoms with van der Waals surface area (Å²) in [5, 5.41) is 20.3. The van der Waals surface area contributed by atoms with Crippen molar-refractivity contribution in [2.75, 3.05) is 11.9 Å². The maximum atomic E-state index is 13.6. The number of fused-ring (bicyclic) bond motifs is 1. The summed E-state index contributed by atoms with van der Waals surface area (Å²) in [5.74, 6) is -1.33. The van der Waals surface area contributed by atoms with E-state index < -0.39 is 22.4 Å². The lowest BCUT2D eigenvalue weighted by molar-refractivity contribution is -0.385. The van der Waals surface area contributed by atoms with Gasteiger partial charge in [-0.1, -0.05) is 12.1 Å². The molecule has 0 aliphatic rings. The molecule has 2 aromatic heterocycles. The molecule has 0 aliphatic heterocycles. The van der Waals surface area contributed by atoms with E-state index in [4.69, 9.17) is 4.74 Å². The van der Waals surface area contributed by atoms with Crippen LogP contribution in [0, 0.1) is 30.9 Å². The van der Waals surface area contributed by atoms with E-state index in [1.807, 2.05) is 19.9 Å². The number of nitrogens with one attached hydrogen (secondary N) is 1. The number of ether oxygens (including phenoxy) is 1. The summed E-state index contributed by atoms with van der Waals surface area (Å²) >= 11 is 1.05. The third-order valence-electron chi connectivity index (χ3n) is 5.75. The van der Waals surface area contributed by atoms with Crippen molar-refractivity contribution in [1.82, 2.24) is 9.78 Å². The number of nitro benzene ring substituents is 1. The average molecular weight is 507 g/mol. The zero-order valence-electron chi connectivity index (χ0n) is 19.9. The van der Waals surface area contributed by atoms with E-state index in [0.29, 0.717) is 11.3 Å². The predicted octanol–water partition coefficient (Wildman–Crippen LogP) is 4.71. The topological polar surface area (TPSA) is 133 Å². The molecular formula is C25H22N4O6S. The fraction of sp³-hybridized carbons (Fsp3) is 0.200. The van der Waals surface area contributed by atoms with Crippen LogP contribution in [0.3, 0.4) is 0 Å². The first-order chi connectivity index (χ1) is 17.1. The van der Waals surface area contributed by atoms with Crippen molar-refractivity contribution in [2.45, 2.75) is 27.7 Å². The maximum absolute atomic E-state index is 13.6. The Morgan fingerprint density at radius 1 is 1.11 bits per heavy atom. The molecule has 10 nitrogen and oxygen atoms in total. The van der Waals surface area contributed by atoms with Gasteiger partial charge < -0.3 is 10.1 Å². The summed E-state index contributed by atoms with van der Waals surface area (Å²) in [6.45, 7) is 7.18. The Morgan fingerprint density at radius 2 is 1.83 bits per heavy atom. The zero-order chi connectivity index (χ0) is 26.1. The molecule has 0 atom stereocenters. The Kier molecular flexibility index (Phi) is 6.67. The van der Waals surface area contributed by atoms with Crippen molar-refractivity contribution in [3.05, 3.63) is 90.2 Å². The lowest BCUT2D eigenvalue weighted by Crippen LogP contribution is -2.25. The molecule has 0 bridgehead atoms. The van der Waals surface area contributed by atoms with Gasteiger partial charge in [-0.15, -0.1) is 11.3 Å². The number of esters is 1. The molecule has 0 fully saturated rings. The summed E-state index contributed by atoms with van der Waals surface area (Å²) in [4.78, 5) is 50.0. The Balaban J connectivity index is 1.87. The molecule has 4 rings (SSSR count). The SMILES string of the molecule is CCOC(=O)c1nn(-c2ccc(C)c(C)c2)c(=O)c2c(NC(=O)c3ccc(C)c([N+](=O)[O-])c3)scc12. The summed E-state index contributed by atoms with van der Waals surface area (Å²) < 4.78 is 6.26. The number of aryl methyl sites for hydroxylation is 3. The number of rotatable bonds is 6. The number of aromatic nitrogens is 2. The number of nitrogens with zero attached hydrogens (tertiary/aromatic N) is 3. The van der Waals surface area contributed by atoms with Crippen molar-refractivity contribution < 1.29 is 19.2 Å². The number of hydrogen-bond acceptors (Lipinski definition) is 8. The van der Waals surface area contributed by atoms with E-state index in [-0.39, 0.29) is 39.3 Å². The lowest BCUT2D eigenvalue weighted by atomic mass is 10.1. The van der Waals surface area contributed by atoms with Gasteiger partial charge in [-0.25, -0.2) is 4.79 Å². The molecule has 0 radical (unpaired) electrons. The molecule has 184 valence electrons. The van der Waals surface area contributed by atoms with Crippen LogP contribution in [0.25, 0.3) is 16.5 Å². The average Bonchev–Trinajstić information content (AvgIpc) is 3.25. The van der Waals surface area contributed by atoms with Crippen molar-refractivity contribution in [3.63, 3.8) is 0 Å². The van der Waals surface area contributed by atoms with E-state index in [2.05, 4.69) is 10.4 Å². The van der Waals surface area contributed by atoms with Gasteiger partial charge >= 0.3 is 5.97 Å². The van der Waals surface area contributed by atoms with Gasteiger partial charge in [-0.3, -0.25) is 19.7 Å². The van der Waals surface area contributed by atoms with Crippen LogP contribution < -0.4 is 10.9 Å². The van der Waals surface area contributed by atoms with E-state index in [1.54, 1.807) is 31.4 Å². The number of carbonyl (C=O) groups is 2. The number of anilines is 1. The number of benzene rings is 2. The highest BCUT2D eigenvalue weighted by atomic mass is 32.1. The quantitative estimate of drug-likeness (QED) is 0.227. The molecule has 2 heterocycles. The summed E-state index contributed by atoms with van der Waals surface area (Å²) in [7, 11) is 0. The number of nitro groups is 1. The van der Waals surface area contributed by atoms with Crippen molar-refractivity contribution in [2.24, 2.45) is 0 Å². The maximum Gasteiger partial charge on any atom is 0.359 e. The Bertz CT molecular complexity index is 1600. The van der Waals surface area contributed by atoms with Crippen LogP contribution in [-0.4, -0.2) is 33.2 Å². The standard InChI is InChI=1S/C25H22N4O6S/c1-5-35-25(32)21-18-12-36-23(26-22(30)16-8-6-14(3)19(11-16)29(33)34)20(18)24(31)28(27-21)17-9-7-13(2)15(4)10-17/h6-12H,5H2,1-4H3,(H,26,30). The molecule has 36 heavy (non-hydrogen) atoms. The second-order valence-electron chi connectivity index (χ2n) is 8.12. The highest BCUT2D eigenvalue weighted by molar-refractivity contribution is 7.16. The van der Waals surface area contributed by atoms with Crippen molar-refractivity contribution in [1.29, 1.82) is 0 Å². The first kappa shape index (κ1) is 24.7. The zero-order valence-corrected chi connectivity index (χ0v) is 20.8. The first-order valence-electron chi connectivity index (χ1n) is 11.0. The monoisotopic (exact) mass is 506 g/mol. The lowest BCUT2D eigenvalue weighted by Gasteiger charge is -2.11. The van der Waals surface area contributed by atoms with Crippen LogP contribution in [0.2, 0.25) is 0 Å². The molecule has 0 aliphatic carbocycles. The second-order valence-corrected chi connectivity index (χ2v) is 9.00. The predicted molar refractivity (Wildman–Crippen MR) is 136 cm³/mol. The third kappa shape index (κ3) is 4.48. The smallest absolute Gasteiger partial charge is 0.359 e. The Hall–Kier alpha value is -4.38. The fourth-order valence-corrected chi connectivity index (χ4v) is 4.58. The van der Waals surface area contributed by atoms with Crippen molar-refractivity contribution in [3.8, 4) is 5.69 Å². The molecule has 2 aromatic carbocycles. The largest absolute Gasteiger partial charge is 0.461 e. The second kappa shape index (κ2) is 9.70. The van der Waals surface area contributed by atoms with Gasteiger partial charge in [0.2, 0.25) is 0 Å². The number of hydrogen-bond donors (Lipinski definition) is 1. The van der Waals surface area contributed by atoms with Gasteiger partial charge in [-0.2, -0.15) is 9.78 Å². The minimum absolute atomic E-state index is 0.0583. The van der Waals surface area contributed by atoms with Gasteiger partial charge in [0.05, 0.1) is 22.6 Å². The van der Waals surface area contributed by atoms with Crippen LogP contribution in [-0.2, 0) is 4.74 Å². The highest BCUT2D eigenvalue weighted by Crippen LogP contribution is 2.31. The fourth-order valence-electron chi connectivity index (χ4n) is 3.65. The van der Waals surface area contributed by atoms with E-state index in [9.17, 15) is 24.5 Å². The molecule has 1 amide bonds. The van der Waals surface area contributed by atoms with E-state index in [0.717, 1.165) is 27.1 Å². The van der Waals surface area contributed by atoms with Crippen LogP contribution in [0.5, 0.6) is 0 Å². The summed E-state index contributed by atoms with van der Waals surface area (Å²) in [6, 6.07) is 9.46. The minimum Gasteiger partial charge on any atom is -0.461 e. The first-order valence-corrected chi connectivity index (χ1v) is 11.9. The number of thiophene rings is 1. The van der Waals surface area contributed by atoms with Crippen LogP contribution in [0.4, 0.5) is 10.7 Å². The Labute approximate surface area is 209 Å². The minimum atomic E-state index is -0.704. The molecule has 0 saturated carbocycles. The molecule has 1 N–H and O–H groups in total. The number of carbonyl (C=O) groups excluding carboxylic acids is 2. The molecule has 0 saturated heterocycles. The molecule has 0 unspecified atom stereocenters. The van der Waals surface area contributed by atoms with Crippen LogP contribution in [0.1, 0.15) is 44.5 Å². The normalized spacial score (nSPS) is 10.9. The Morgan fingerprint density at radius 3 is 2.50 bits per heavy atom. The molecular weight excluding hydrogens is 484 g/mol. The van der Waals surface area contributed by atoms with Crippen LogP contribution >= 0.6 is 11.3 Å². The van der Waals surface area contributed by atoms with E-state index in [1.165, 1.54) is 18.2 Å². The van der Waals surface area contributed by atoms with Gasteiger partial charge in [-0.05, 0) is 57.0 Å². The van der Waals surface area contributed by atoms with Gasteiger partial charge in [0.15, 0.2) is 5.69 Å². The number of amides is 1. The molecule has 11 heteroatoms. The van der Waals surface area contributed by atoms with Crippen LogP contribution in [0.15, 0.2) is 46.6 Å². The third-order valence-corrected chi connectivity index (χ3v) is 6.65. The molecule has 0 spiro atoms.